The number of nitrogens with two attached hydrogens (primary N) is 1. The predicted molar refractivity (Wildman–Crippen MR) is 92.5 cm³/mol. The zero-order chi connectivity index (χ0) is 19.1. The van der Waals surface area contributed by atoms with E-state index in [2.05, 4.69) is 5.32 Å². The van der Waals surface area contributed by atoms with Crippen molar-refractivity contribution >= 4 is 17.8 Å². The Labute approximate surface area is 149 Å². The average molecular weight is 357 g/mol. The molecule has 25 heavy (non-hydrogen) atoms. The number of hydrogen-bond donors (Lipinski definition) is 3. The fourth-order valence-electron chi connectivity index (χ4n) is 3.05. The molecule has 8 nitrogen and oxygen atoms in total. The number of ether oxygens (including phenoxy) is 1. The summed E-state index contributed by atoms with van der Waals surface area (Å²) in [6.07, 6.45) is 1.10. The van der Waals surface area contributed by atoms with Crippen LogP contribution in [0.4, 0.5) is 0 Å². The Morgan fingerprint density at radius 3 is 2.44 bits per heavy atom. The number of hydrogen-bond acceptors (Lipinski definition) is 6. The van der Waals surface area contributed by atoms with Crippen molar-refractivity contribution in [1.82, 2.24) is 10.2 Å². The van der Waals surface area contributed by atoms with Crippen LogP contribution < -0.4 is 11.1 Å². The molecule has 0 radical (unpaired) electrons. The summed E-state index contributed by atoms with van der Waals surface area (Å²) in [5.74, 6) is -1.74. The highest BCUT2D eigenvalue weighted by molar-refractivity contribution is 5.87. The average Bonchev–Trinajstić information content (AvgIpc) is 2.98. The molecule has 1 fully saturated rings. The van der Waals surface area contributed by atoms with Crippen molar-refractivity contribution in [3.05, 3.63) is 0 Å². The molecule has 0 saturated carbocycles. The molecule has 4 N–H and O–H groups in total. The minimum atomic E-state index is -0.976. The third-order valence-corrected chi connectivity index (χ3v) is 4.25. The number of amides is 1. The first-order chi connectivity index (χ1) is 11.6. The number of esters is 1. The van der Waals surface area contributed by atoms with Gasteiger partial charge in [-0.25, -0.2) is 4.79 Å². The molecule has 0 aliphatic carbocycles. The maximum Gasteiger partial charge on any atom is 0.326 e. The van der Waals surface area contributed by atoms with Crippen molar-refractivity contribution in [1.29, 1.82) is 0 Å². The number of carbonyl (C=O) groups excluding carboxylic acids is 2. The third-order valence-electron chi connectivity index (χ3n) is 4.25. The fraction of sp³-hybridized carbons (Fsp3) is 0.824. The van der Waals surface area contributed by atoms with Gasteiger partial charge >= 0.3 is 11.9 Å². The zero-order valence-electron chi connectivity index (χ0n) is 15.5. The molecule has 144 valence electrons. The van der Waals surface area contributed by atoms with Crippen molar-refractivity contribution in [2.75, 3.05) is 13.1 Å². The summed E-state index contributed by atoms with van der Waals surface area (Å²) in [7, 11) is 0. The van der Waals surface area contributed by atoms with Crippen LogP contribution in [0.1, 0.15) is 47.0 Å². The van der Waals surface area contributed by atoms with Crippen LogP contribution in [0.25, 0.3) is 0 Å². The van der Waals surface area contributed by atoms with Gasteiger partial charge in [0.05, 0.1) is 12.0 Å². The third kappa shape index (κ3) is 6.62. The lowest BCUT2D eigenvalue weighted by Crippen LogP contribution is -2.50. The Bertz CT molecular complexity index is 481. The van der Waals surface area contributed by atoms with Gasteiger partial charge in [0.2, 0.25) is 5.91 Å². The van der Waals surface area contributed by atoms with Crippen LogP contribution in [0.15, 0.2) is 0 Å². The molecule has 1 aliphatic heterocycles. The van der Waals surface area contributed by atoms with E-state index in [-0.39, 0.29) is 24.3 Å². The van der Waals surface area contributed by atoms with Crippen LogP contribution >= 0.6 is 0 Å². The lowest BCUT2D eigenvalue weighted by atomic mass is 9.97. The molecule has 1 saturated heterocycles. The molecular weight excluding hydrogens is 326 g/mol. The standard InChI is InChI=1S/C17H31N3O5/c1-10(2)8-13(17(24)25-12(4)18)9-19-11(3)15(21)20-7-5-6-14(20)16(22)23/h10-14,19H,5-9,18H2,1-4H3,(H,22,23)/t11-,12?,13?,14-/m0/s1. The topological polar surface area (TPSA) is 122 Å². The van der Waals surface area contributed by atoms with Crippen LogP contribution in [0.5, 0.6) is 0 Å². The van der Waals surface area contributed by atoms with Crippen molar-refractivity contribution < 1.29 is 24.2 Å². The first kappa shape index (κ1) is 21.4. The van der Waals surface area contributed by atoms with Crippen LogP contribution in [-0.4, -0.2) is 59.3 Å². The van der Waals surface area contributed by atoms with Gasteiger partial charge in [0.15, 0.2) is 0 Å². The van der Waals surface area contributed by atoms with Crippen molar-refractivity contribution in [3.8, 4) is 0 Å². The molecule has 0 aromatic carbocycles. The van der Waals surface area contributed by atoms with Crippen LogP contribution in [0.2, 0.25) is 0 Å². The number of carboxylic acid groups (broad SMARTS) is 1. The van der Waals surface area contributed by atoms with E-state index in [0.717, 1.165) is 0 Å². The molecule has 2 unspecified atom stereocenters. The highest BCUT2D eigenvalue weighted by Crippen LogP contribution is 2.19. The molecule has 8 heteroatoms. The maximum atomic E-state index is 12.5. The second-order valence-electron chi connectivity index (χ2n) is 7.13. The van der Waals surface area contributed by atoms with Gasteiger partial charge in [0.1, 0.15) is 12.3 Å². The summed E-state index contributed by atoms with van der Waals surface area (Å²) in [5, 5.41) is 12.3. The molecule has 4 atom stereocenters. The molecule has 1 heterocycles. The smallest absolute Gasteiger partial charge is 0.326 e. The minimum Gasteiger partial charge on any atom is -0.480 e. The molecular formula is C17H31N3O5. The van der Waals surface area contributed by atoms with Gasteiger partial charge in [-0.05, 0) is 39.0 Å². The highest BCUT2D eigenvalue weighted by Gasteiger charge is 2.36. The summed E-state index contributed by atoms with van der Waals surface area (Å²) < 4.78 is 5.08. The molecule has 0 spiro atoms. The van der Waals surface area contributed by atoms with Crippen LogP contribution in [-0.2, 0) is 19.1 Å². The minimum absolute atomic E-state index is 0.256. The van der Waals surface area contributed by atoms with E-state index in [4.69, 9.17) is 10.5 Å². The van der Waals surface area contributed by atoms with E-state index in [1.807, 2.05) is 13.8 Å². The molecule has 1 amide bonds. The summed E-state index contributed by atoms with van der Waals surface area (Å²) in [6.45, 7) is 8.00. The molecule has 0 aromatic rings. The van der Waals surface area contributed by atoms with E-state index in [0.29, 0.717) is 25.8 Å². The lowest BCUT2D eigenvalue weighted by Gasteiger charge is -2.27. The Morgan fingerprint density at radius 2 is 1.92 bits per heavy atom. The van der Waals surface area contributed by atoms with E-state index in [1.165, 1.54) is 4.90 Å². The first-order valence-electron chi connectivity index (χ1n) is 8.86. The van der Waals surface area contributed by atoms with Gasteiger partial charge < -0.3 is 20.1 Å². The number of likely N-dealkylation sites (tertiary alicyclic amines) is 1. The molecule has 1 aliphatic rings. The monoisotopic (exact) mass is 357 g/mol. The Kier molecular flexibility index (Phi) is 8.31. The number of carbonyl (C=O) groups is 3. The van der Waals surface area contributed by atoms with E-state index >= 15 is 0 Å². The van der Waals surface area contributed by atoms with Gasteiger partial charge in [-0.1, -0.05) is 13.8 Å². The first-order valence-corrected chi connectivity index (χ1v) is 8.86. The summed E-state index contributed by atoms with van der Waals surface area (Å²) in [6, 6.07) is -1.33. The number of aliphatic carboxylic acids is 1. The van der Waals surface area contributed by atoms with Gasteiger partial charge in [-0.3, -0.25) is 15.3 Å². The summed E-state index contributed by atoms with van der Waals surface area (Å²) in [5.41, 5.74) is 5.51. The number of carboxylic acids is 1. The largest absolute Gasteiger partial charge is 0.480 e. The van der Waals surface area contributed by atoms with Gasteiger partial charge in [0.25, 0.3) is 0 Å². The molecule has 0 bridgehead atoms. The second kappa shape index (κ2) is 9.72. The Morgan fingerprint density at radius 1 is 1.28 bits per heavy atom. The quantitative estimate of drug-likeness (QED) is 0.407. The highest BCUT2D eigenvalue weighted by atomic mass is 16.6. The van der Waals surface area contributed by atoms with Gasteiger partial charge in [-0.2, -0.15) is 0 Å². The molecule has 0 aromatic heterocycles. The fourth-order valence-corrected chi connectivity index (χ4v) is 3.05. The van der Waals surface area contributed by atoms with Crippen LogP contribution in [0.3, 0.4) is 0 Å². The predicted octanol–water partition coefficient (Wildman–Crippen LogP) is 0.550. The van der Waals surface area contributed by atoms with Crippen molar-refractivity contribution in [2.24, 2.45) is 17.6 Å². The van der Waals surface area contributed by atoms with E-state index in [9.17, 15) is 19.5 Å². The Balaban J connectivity index is 2.63. The van der Waals surface area contributed by atoms with Gasteiger partial charge in [-0.15, -0.1) is 0 Å². The SMILES string of the molecule is CC(C)CC(CN[C@@H](C)C(=O)N1CCC[C@H]1C(=O)O)C(=O)OC(C)N. The van der Waals surface area contributed by atoms with E-state index < -0.39 is 30.2 Å². The molecule has 1 rings (SSSR count). The normalized spacial score (nSPS) is 21.0. The number of nitrogens with zero attached hydrogens (tertiary/aromatic N) is 1. The van der Waals surface area contributed by atoms with E-state index in [1.54, 1.807) is 13.8 Å². The summed E-state index contributed by atoms with van der Waals surface area (Å²) >= 11 is 0. The number of nitrogens with one attached hydrogen (secondary N) is 1. The van der Waals surface area contributed by atoms with Crippen molar-refractivity contribution in [2.45, 2.75) is 65.3 Å². The zero-order valence-corrected chi connectivity index (χ0v) is 15.5. The second-order valence-corrected chi connectivity index (χ2v) is 7.13. The Hall–Kier alpha value is -1.67. The maximum absolute atomic E-state index is 12.5. The van der Waals surface area contributed by atoms with Gasteiger partial charge in [0, 0.05) is 13.1 Å². The summed E-state index contributed by atoms with van der Waals surface area (Å²) in [4.78, 5) is 37.3. The van der Waals surface area contributed by atoms with Crippen molar-refractivity contribution in [3.63, 3.8) is 0 Å². The number of rotatable bonds is 9. The van der Waals surface area contributed by atoms with Crippen LogP contribution in [0, 0.1) is 11.8 Å². The lowest BCUT2D eigenvalue weighted by molar-refractivity contribution is -0.153.